The molecule has 1 atom stereocenters. The molecule has 5 nitrogen and oxygen atoms in total. The molecule has 0 bridgehead atoms. The van der Waals surface area contributed by atoms with Crippen LogP contribution >= 0.6 is 0 Å². The van der Waals surface area contributed by atoms with E-state index in [1.54, 1.807) is 0 Å². The second-order valence-electron chi connectivity index (χ2n) is 2.82. The Morgan fingerprint density at radius 1 is 1.77 bits per heavy atom. The number of esters is 1. The number of carbonyl (C=O) groups excluding carboxylic acids is 2. The van der Waals surface area contributed by atoms with Crippen LogP contribution in [0.1, 0.15) is 19.8 Å². The van der Waals surface area contributed by atoms with Crippen molar-refractivity contribution in [1.29, 1.82) is 0 Å². The van der Waals surface area contributed by atoms with Gasteiger partial charge >= 0.3 is 12.1 Å². The summed E-state index contributed by atoms with van der Waals surface area (Å²) in [6, 6.07) is -0.505. The summed E-state index contributed by atoms with van der Waals surface area (Å²) in [6.07, 6.45) is 1.26. The number of rotatable bonds is 4. The number of hydrogen-bond acceptors (Lipinski definition) is 4. The zero-order chi connectivity index (χ0) is 9.68. The molecule has 1 aliphatic heterocycles. The maximum atomic E-state index is 10.9. The van der Waals surface area contributed by atoms with E-state index in [1.165, 1.54) is 0 Å². The quantitative estimate of drug-likeness (QED) is 0.512. The molecule has 1 saturated heterocycles. The minimum Gasteiger partial charge on any atom is -0.461 e. The van der Waals surface area contributed by atoms with Crippen molar-refractivity contribution in [3.05, 3.63) is 0 Å². The molecule has 0 radical (unpaired) electrons. The molecule has 0 aromatic carbocycles. The third kappa shape index (κ3) is 2.93. The summed E-state index contributed by atoms with van der Waals surface area (Å²) in [5.41, 5.74) is 0. The smallest absolute Gasteiger partial charge is 0.407 e. The highest BCUT2D eigenvalue weighted by Gasteiger charge is 2.32. The molecule has 0 unspecified atom stereocenters. The Balaban J connectivity index is 2.07. The normalized spacial score (nSPS) is 20.1. The number of amides is 1. The van der Waals surface area contributed by atoms with E-state index in [4.69, 9.17) is 4.74 Å². The zero-order valence-corrected chi connectivity index (χ0v) is 7.54. The standard InChI is InChI=1S/C8H13NO4/c1-2-3-4-12-8(11)9-6-5-13-7(6)10/h6H,2-5H2,1H3,(H,9,11)/t6-/m0/s1. The lowest BCUT2D eigenvalue weighted by Crippen LogP contribution is -2.53. The first kappa shape index (κ1) is 9.83. The van der Waals surface area contributed by atoms with Gasteiger partial charge in [0.2, 0.25) is 0 Å². The molecule has 5 heteroatoms. The highest BCUT2D eigenvalue weighted by atomic mass is 16.6. The molecule has 1 rings (SSSR count). The number of unbranched alkanes of at least 4 members (excludes halogenated alkanes) is 1. The predicted octanol–water partition coefficient (Wildman–Crippen LogP) is 0.438. The van der Waals surface area contributed by atoms with Crippen molar-refractivity contribution in [2.24, 2.45) is 0 Å². The van der Waals surface area contributed by atoms with Crippen LogP contribution in [0.4, 0.5) is 4.79 Å². The fraction of sp³-hybridized carbons (Fsp3) is 0.750. The SMILES string of the molecule is CCCCOC(=O)N[C@H]1COC1=O. The number of alkyl carbamates (subject to hydrolysis) is 1. The molecule has 0 aromatic heterocycles. The van der Waals surface area contributed by atoms with Gasteiger partial charge in [0, 0.05) is 0 Å². The average molecular weight is 187 g/mol. The van der Waals surface area contributed by atoms with Crippen molar-refractivity contribution in [2.75, 3.05) is 13.2 Å². The maximum Gasteiger partial charge on any atom is 0.407 e. The average Bonchev–Trinajstić information content (AvgIpc) is 2.12. The van der Waals surface area contributed by atoms with Crippen LogP contribution in [0.15, 0.2) is 0 Å². The molecule has 1 fully saturated rings. The van der Waals surface area contributed by atoms with Crippen molar-refractivity contribution in [2.45, 2.75) is 25.8 Å². The summed E-state index contributed by atoms with van der Waals surface area (Å²) in [5, 5.41) is 2.39. The number of nitrogens with one attached hydrogen (secondary N) is 1. The topological polar surface area (TPSA) is 64.6 Å². The lowest BCUT2D eigenvalue weighted by atomic mass is 10.2. The maximum absolute atomic E-state index is 10.9. The van der Waals surface area contributed by atoms with Crippen LogP contribution in [0.2, 0.25) is 0 Å². The molecule has 1 N–H and O–H groups in total. The fourth-order valence-corrected chi connectivity index (χ4v) is 0.828. The first-order valence-corrected chi connectivity index (χ1v) is 4.34. The van der Waals surface area contributed by atoms with Crippen LogP contribution < -0.4 is 5.32 Å². The first-order chi connectivity index (χ1) is 6.24. The van der Waals surface area contributed by atoms with Gasteiger partial charge in [-0.2, -0.15) is 0 Å². The zero-order valence-electron chi connectivity index (χ0n) is 7.54. The Bertz CT molecular complexity index is 204. The van der Waals surface area contributed by atoms with Crippen molar-refractivity contribution >= 4 is 12.1 Å². The highest BCUT2D eigenvalue weighted by molar-refractivity contribution is 5.85. The van der Waals surface area contributed by atoms with Crippen LogP contribution in [0.25, 0.3) is 0 Å². The van der Waals surface area contributed by atoms with Crippen LogP contribution in [0.3, 0.4) is 0 Å². The minimum absolute atomic E-state index is 0.252. The van der Waals surface area contributed by atoms with Gasteiger partial charge in [-0.3, -0.25) is 0 Å². The third-order valence-corrected chi connectivity index (χ3v) is 1.70. The molecule has 74 valence electrons. The second kappa shape index (κ2) is 4.69. The van der Waals surface area contributed by atoms with Crippen LogP contribution in [0.5, 0.6) is 0 Å². The molecule has 1 amide bonds. The Labute approximate surface area is 76.4 Å². The fourth-order valence-electron chi connectivity index (χ4n) is 0.828. The summed E-state index contributed by atoms with van der Waals surface area (Å²) in [4.78, 5) is 21.5. The predicted molar refractivity (Wildman–Crippen MR) is 44.1 cm³/mol. The molecule has 0 spiro atoms. The Hall–Kier alpha value is -1.26. The van der Waals surface area contributed by atoms with Gasteiger partial charge in [-0.05, 0) is 6.42 Å². The number of ether oxygens (including phenoxy) is 2. The first-order valence-electron chi connectivity index (χ1n) is 4.34. The summed E-state index contributed by atoms with van der Waals surface area (Å²) in [5.74, 6) is -0.396. The van der Waals surface area contributed by atoms with Gasteiger partial charge in [-0.1, -0.05) is 13.3 Å². The lowest BCUT2D eigenvalue weighted by molar-refractivity contribution is -0.162. The third-order valence-electron chi connectivity index (χ3n) is 1.70. The van der Waals surface area contributed by atoms with Gasteiger partial charge in [0.05, 0.1) is 6.61 Å². The molecule has 1 aliphatic rings. The second-order valence-corrected chi connectivity index (χ2v) is 2.82. The molecule has 0 aliphatic carbocycles. The molecular formula is C8H13NO4. The van der Waals surface area contributed by atoms with Gasteiger partial charge in [0.1, 0.15) is 6.61 Å². The van der Waals surface area contributed by atoms with Gasteiger partial charge in [-0.15, -0.1) is 0 Å². The van der Waals surface area contributed by atoms with Crippen molar-refractivity contribution in [3.8, 4) is 0 Å². The summed E-state index contributed by atoms with van der Waals surface area (Å²) < 4.78 is 9.24. The van der Waals surface area contributed by atoms with E-state index in [9.17, 15) is 9.59 Å². The van der Waals surface area contributed by atoms with Gasteiger partial charge < -0.3 is 14.8 Å². The highest BCUT2D eigenvalue weighted by Crippen LogP contribution is 2.02. The summed E-state index contributed by atoms with van der Waals surface area (Å²) in [6.45, 7) is 2.65. The van der Waals surface area contributed by atoms with E-state index < -0.39 is 18.1 Å². The van der Waals surface area contributed by atoms with Gasteiger partial charge in [-0.25, -0.2) is 9.59 Å². The minimum atomic E-state index is -0.546. The molecule has 1 heterocycles. The Kier molecular flexibility index (Phi) is 3.54. The van der Waals surface area contributed by atoms with Crippen molar-refractivity contribution in [1.82, 2.24) is 5.32 Å². The van der Waals surface area contributed by atoms with E-state index in [-0.39, 0.29) is 6.61 Å². The number of hydrogen-bond donors (Lipinski definition) is 1. The monoisotopic (exact) mass is 187 g/mol. The van der Waals surface area contributed by atoms with E-state index in [2.05, 4.69) is 10.1 Å². The molecule has 13 heavy (non-hydrogen) atoms. The largest absolute Gasteiger partial charge is 0.461 e. The van der Waals surface area contributed by atoms with Gasteiger partial charge in [0.25, 0.3) is 0 Å². The number of cyclic esters (lactones) is 1. The summed E-state index contributed by atoms with van der Waals surface area (Å²) >= 11 is 0. The Morgan fingerprint density at radius 3 is 3.00 bits per heavy atom. The lowest BCUT2D eigenvalue weighted by Gasteiger charge is -2.24. The van der Waals surface area contributed by atoms with E-state index >= 15 is 0 Å². The van der Waals surface area contributed by atoms with E-state index in [0.29, 0.717) is 6.61 Å². The Morgan fingerprint density at radius 2 is 2.54 bits per heavy atom. The van der Waals surface area contributed by atoms with Crippen molar-refractivity contribution < 1.29 is 19.1 Å². The van der Waals surface area contributed by atoms with Crippen molar-refractivity contribution in [3.63, 3.8) is 0 Å². The summed E-state index contributed by atoms with van der Waals surface area (Å²) in [7, 11) is 0. The van der Waals surface area contributed by atoms with Crippen LogP contribution in [-0.2, 0) is 14.3 Å². The van der Waals surface area contributed by atoms with Crippen LogP contribution in [-0.4, -0.2) is 31.3 Å². The van der Waals surface area contributed by atoms with Gasteiger partial charge in [0.15, 0.2) is 6.04 Å². The van der Waals surface area contributed by atoms with Crippen LogP contribution in [0, 0.1) is 0 Å². The molecule has 0 saturated carbocycles. The van der Waals surface area contributed by atoms with E-state index in [0.717, 1.165) is 12.8 Å². The molecule has 0 aromatic rings. The molecular weight excluding hydrogens is 174 g/mol. The van der Waals surface area contributed by atoms with E-state index in [1.807, 2.05) is 6.92 Å². The number of carbonyl (C=O) groups is 2.